The monoisotopic (exact) mass is 353 g/mol. The second-order valence-corrected chi connectivity index (χ2v) is 7.38. The number of anilines is 1. The molecule has 1 aliphatic carbocycles. The van der Waals surface area contributed by atoms with E-state index in [1.165, 1.54) is 0 Å². The van der Waals surface area contributed by atoms with Gasteiger partial charge in [0.05, 0.1) is 5.02 Å². The first-order valence-electron chi connectivity index (χ1n) is 8.42. The molecule has 0 radical (unpaired) electrons. The number of pyridine rings is 1. The summed E-state index contributed by atoms with van der Waals surface area (Å²) in [4.78, 5) is 18.4. The molecule has 128 valence electrons. The van der Waals surface area contributed by atoms with E-state index in [-0.39, 0.29) is 11.3 Å². The number of carbonyl (C=O) groups is 1. The molecule has 2 aliphatic rings. The van der Waals surface area contributed by atoms with E-state index in [2.05, 4.69) is 22.5 Å². The fourth-order valence-electron chi connectivity index (χ4n) is 3.78. The molecule has 25 heavy (non-hydrogen) atoms. The Morgan fingerprint density at radius 1 is 1.28 bits per heavy atom. The number of fused-ring (bicyclic) bond motifs is 2. The molecular formula is C20H20ClN3O. The van der Waals surface area contributed by atoms with Crippen LogP contribution in [0.25, 0.3) is 11.1 Å². The molecule has 0 fully saturated rings. The Balaban J connectivity index is 1.81. The second kappa shape index (κ2) is 5.88. The SMILES string of the molecule is CN(C)C(=O)c1cccc(-c2cnc3c(c2Cl)C2(CC=CC2)CN3)c1. The largest absolute Gasteiger partial charge is 0.369 e. The van der Waals surface area contributed by atoms with Crippen LogP contribution in [0.5, 0.6) is 0 Å². The van der Waals surface area contributed by atoms with Gasteiger partial charge in [0.2, 0.25) is 0 Å². The molecule has 0 saturated carbocycles. The predicted octanol–water partition coefficient (Wildman–Crippen LogP) is 4.12. The van der Waals surface area contributed by atoms with Gasteiger partial charge in [-0.15, -0.1) is 0 Å². The summed E-state index contributed by atoms with van der Waals surface area (Å²) in [5.41, 5.74) is 3.58. The Hall–Kier alpha value is -2.33. The zero-order valence-electron chi connectivity index (χ0n) is 14.3. The Labute approximate surface area is 152 Å². The van der Waals surface area contributed by atoms with Crippen LogP contribution in [0, 0.1) is 0 Å². The van der Waals surface area contributed by atoms with Crippen molar-refractivity contribution in [2.45, 2.75) is 18.3 Å². The van der Waals surface area contributed by atoms with Gasteiger partial charge in [0.25, 0.3) is 5.91 Å². The fourth-order valence-corrected chi connectivity index (χ4v) is 4.22. The van der Waals surface area contributed by atoms with Crippen molar-refractivity contribution >= 4 is 23.3 Å². The smallest absolute Gasteiger partial charge is 0.253 e. The lowest BCUT2D eigenvalue weighted by Crippen LogP contribution is -2.25. The summed E-state index contributed by atoms with van der Waals surface area (Å²) in [5.74, 6) is 0.864. The number of benzene rings is 1. The minimum Gasteiger partial charge on any atom is -0.369 e. The lowest BCUT2D eigenvalue weighted by atomic mass is 9.80. The maximum Gasteiger partial charge on any atom is 0.253 e. The Bertz CT molecular complexity index is 881. The highest BCUT2D eigenvalue weighted by Crippen LogP contribution is 2.49. The van der Waals surface area contributed by atoms with Crippen molar-refractivity contribution in [3.8, 4) is 11.1 Å². The van der Waals surface area contributed by atoms with E-state index in [1.54, 1.807) is 25.2 Å². The number of hydrogen-bond donors (Lipinski definition) is 1. The van der Waals surface area contributed by atoms with Gasteiger partial charge in [-0.3, -0.25) is 4.79 Å². The third-order valence-electron chi connectivity index (χ3n) is 5.15. The van der Waals surface area contributed by atoms with E-state index >= 15 is 0 Å². The van der Waals surface area contributed by atoms with Gasteiger partial charge in [-0.05, 0) is 30.5 Å². The van der Waals surface area contributed by atoms with Crippen LogP contribution in [0.3, 0.4) is 0 Å². The first kappa shape index (κ1) is 16.2. The number of halogens is 1. The Kier molecular flexibility index (Phi) is 3.80. The topological polar surface area (TPSA) is 45.2 Å². The summed E-state index contributed by atoms with van der Waals surface area (Å²) in [6.45, 7) is 0.866. The minimum absolute atomic E-state index is 0.0203. The zero-order valence-corrected chi connectivity index (χ0v) is 15.1. The number of nitrogens with zero attached hydrogens (tertiary/aromatic N) is 2. The van der Waals surface area contributed by atoms with Crippen molar-refractivity contribution in [2.75, 3.05) is 26.0 Å². The van der Waals surface area contributed by atoms with Gasteiger partial charge in [-0.1, -0.05) is 35.9 Å². The van der Waals surface area contributed by atoms with Gasteiger partial charge >= 0.3 is 0 Å². The molecule has 5 heteroatoms. The van der Waals surface area contributed by atoms with E-state index in [0.717, 1.165) is 46.9 Å². The third-order valence-corrected chi connectivity index (χ3v) is 5.54. The summed E-state index contributed by atoms with van der Waals surface area (Å²) < 4.78 is 0. The van der Waals surface area contributed by atoms with Gasteiger partial charge in [0.1, 0.15) is 5.82 Å². The fraction of sp³-hybridized carbons (Fsp3) is 0.300. The highest BCUT2D eigenvalue weighted by Gasteiger charge is 2.42. The number of nitrogens with one attached hydrogen (secondary N) is 1. The van der Waals surface area contributed by atoms with Crippen molar-refractivity contribution in [2.24, 2.45) is 0 Å². The number of allylic oxidation sites excluding steroid dienone is 2. The van der Waals surface area contributed by atoms with E-state index in [1.807, 2.05) is 24.3 Å². The molecule has 1 spiro atoms. The molecular weight excluding hydrogens is 334 g/mol. The van der Waals surface area contributed by atoms with Gasteiger partial charge in [-0.2, -0.15) is 0 Å². The number of rotatable bonds is 2. The Morgan fingerprint density at radius 3 is 2.76 bits per heavy atom. The van der Waals surface area contributed by atoms with Crippen molar-refractivity contribution in [3.05, 3.63) is 58.8 Å². The van der Waals surface area contributed by atoms with E-state index < -0.39 is 0 Å². The molecule has 1 N–H and O–H groups in total. The van der Waals surface area contributed by atoms with Crippen molar-refractivity contribution in [1.29, 1.82) is 0 Å². The molecule has 4 nitrogen and oxygen atoms in total. The van der Waals surface area contributed by atoms with Gasteiger partial charge < -0.3 is 10.2 Å². The molecule has 1 aromatic carbocycles. The van der Waals surface area contributed by atoms with Crippen LogP contribution in [-0.2, 0) is 5.41 Å². The first-order valence-corrected chi connectivity index (χ1v) is 8.79. The maximum atomic E-state index is 12.3. The molecule has 0 unspecified atom stereocenters. The molecule has 4 rings (SSSR count). The number of aromatic nitrogens is 1. The predicted molar refractivity (Wildman–Crippen MR) is 101 cm³/mol. The molecule has 0 bridgehead atoms. The van der Waals surface area contributed by atoms with E-state index in [0.29, 0.717) is 5.56 Å². The molecule has 0 saturated heterocycles. The Morgan fingerprint density at radius 2 is 2.04 bits per heavy atom. The van der Waals surface area contributed by atoms with Crippen LogP contribution in [0.4, 0.5) is 5.82 Å². The van der Waals surface area contributed by atoms with Crippen LogP contribution in [0.2, 0.25) is 5.02 Å². The summed E-state index contributed by atoms with van der Waals surface area (Å²) >= 11 is 6.85. The number of hydrogen-bond acceptors (Lipinski definition) is 3. The third kappa shape index (κ3) is 2.52. The van der Waals surface area contributed by atoms with Crippen LogP contribution >= 0.6 is 11.6 Å². The van der Waals surface area contributed by atoms with E-state index in [4.69, 9.17) is 11.6 Å². The minimum atomic E-state index is -0.0229. The van der Waals surface area contributed by atoms with Crippen molar-refractivity contribution in [1.82, 2.24) is 9.88 Å². The van der Waals surface area contributed by atoms with Crippen molar-refractivity contribution in [3.63, 3.8) is 0 Å². The highest BCUT2D eigenvalue weighted by molar-refractivity contribution is 6.34. The van der Waals surface area contributed by atoms with Crippen LogP contribution in [0.1, 0.15) is 28.8 Å². The van der Waals surface area contributed by atoms with Gasteiger partial charge in [-0.25, -0.2) is 4.98 Å². The zero-order chi connectivity index (χ0) is 17.6. The summed E-state index contributed by atoms with van der Waals surface area (Å²) in [5, 5.41) is 4.14. The van der Waals surface area contributed by atoms with Gasteiger partial charge in [0, 0.05) is 48.9 Å². The molecule has 2 heterocycles. The lowest BCUT2D eigenvalue weighted by molar-refractivity contribution is 0.0827. The average molecular weight is 354 g/mol. The van der Waals surface area contributed by atoms with Crippen LogP contribution < -0.4 is 5.32 Å². The summed E-state index contributed by atoms with van der Waals surface area (Å²) in [6.07, 6.45) is 8.20. The second-order valence-electron chi connectivity index (χ2n) is 7.00. The normalized spacial score (nSPS) is 16.8. The number of carbonyl (C=O) groups excluding carboxylic acids is 1. The standard InChI is InChI=1S/C20H20ClN3O/c1-24(2)19(25)14-7-5-6-13(10-14)15-11-22-18-16(17(15)21)20(12-23-18)8-3-4-9-20/h3-7,10-11H,8-9,12H2,1-2H3,(H,22,23). The quantitative estimate of drug-likeness (QED) is 0.826. The molecule has 1 amide bonds. The molecule has 2 aromatic rings. The summed E-state index contributed by atoms with van der Waals surface area (Å²) in [7, 11) is 3.50. The molecule has 0 atom stereocenters. The van der Waals surface area contributed by atoms with Crippen LogP contribution in [-0.4, -0.2) is 36.4 Å². The number of amides is 1. The molecule has 1 aliphatic heterocycles. The highest BCUT2D eigenvalue weighted by atomic mass is 35.5. The van der Waals surface area contributed by atoms with Crippen molar-refractivity contribution < 1.29 is 4.79 Å². The summed E-state index contributed by atoms with van der Waals surface area (Å²) in [6, 6.07) is 7.58. The maximum absolute atomic E-state index is 12.3. The first-order chi connectivity index (χ1) is 12.0. The lowest BCUT2D eigenvalue weighted by Gasteiger charge is -2.24. The average Bonchev–Trinajstić information content (AvgIpc) is 3.23. The van der Waals surface area contributed by atoms with Gasteiger partial charge in [0.15, 0.2) is 0 Å². The van der Waals surface area contributed by atoms with Crippen LogP contribution in [0.15, 0.2) is 42.6 Å². The molecule has 1 aromatic heterocycles. The van der Waals surface area contributed by atoms with E-state index in [9.17, 15) is 4.79 Å².